The molecular weight excluding hydrogens is 596 g/mol. The van der Waals surface area contributed by atoms with E-state index in [2.05, 4.69) is 20.3 Å². The van der Waals surface area contributed by atoms with Crippen LogP contribution in [0.3, 0.4) is 0 Å². The summed E-state index contributed by atoms with van der Waals surface area (Å²) in [5, 5.41) is 8.99. The standard InChI is InChI=1S/C37H49ClN6O2/c1-42(35(45)29-8-4-2-5-9-29)33-18-16-32(17-19-33)41-34(24-28-12-14-31(38)15-13-28)36(46)43-22-20-37(21-23-43,25-44-27-39-26-40-44)30-10-6-3-7-11-30/h2,4-5,8-9,12-15,26-27,30,32-34,41H,3,6-7,10-11,16-25H2,1H3/t32-,33+,34-/m1/s1. The van der Waals surface area contributed by atoms with E-state index in [1.54, 1.807) is 6.33 Å². The molecule has 2 aromatic carbocycles. The van der Waals surface area contributed by atoms with Crippen LogP contribution in [0.25, 0.3) is 0 Å². The average molecular weight is 645 g/mol. The second-order valence-electron chi connectivity index (χ2n) is 14.0. The maximum absolute atomic E-state index is 14.3. The molecule has 0 spiro atoms. The minimum atomic E-state index is -0.302. The van der Waals surface area contributed by atoms with Crippen molar-refractivity contribution in [1.29, 1.82) is 0 Å². The lowest BCUT2D eigenvalue weighted by Gasteiger charge is -2.48. The van der Waals surface area contributed by atoms with Gasteiger partial charge in [0.15, 0.2) is 0 Å². The van der Waals surface area contributed by atoms with E-state index in [1.807, 2.05) is 77.6 Å². The summed E-state index contributed by atoms with van der Waals surface area (Å²) >= 11 is 6.20. The summed E-state index contributed by atoms with van der Waals surface area (Å²) in [5.41, 5.74) is 2.00. The van der Waals surface area contributed by atoms with E-state index in [9.17, 15) is 9.59 Å². The van der Waals surface area contributed by atoms with E-state index < -0.39 is 0 Å². The van der Waals surface area contributed by atoms with Crippen molar-refractivity contribution in [3.8, 4) is 0 Å². The highest BCUT2D eigenvalue weighted by Crippen LogP contribution is 2.47. The Morgan fingerprint density at radius 1 is 0.957 bits per heavy atom. The molecule has 246 valence electrons. The largest absolute Gasteiger partial charge is 0.341 e. The third kappa shape index (κ3) is 7.83. The van der Waals surface area contributed by atoms with E-state index in [1.165, 1.54) is 32.1 Å². The van der Waals surface area contributed by atoms with Gasteiger partial charge in [-0.2, -0.15) is 5.10 Å². The number of piperidine rings is 1. The first-order valence-electron chi connectivity index (χ1n) is 17.3. The van der Waals surface area contributed by atoms with E-state index >= 15 is 0 Å². The fraction of sp³-hybridized carbons (Fsp3) is 0.568. The van der Waals surface area contributed by atoms with Crippen molar-refractivity contribution in [2.75, 3.05) is 20.1 Å². The van der Waals surface area contributed by atoms with Gasteiger partial charge in [-0.3, -0.25) is 14.3 Å². The maximum Gasteiger partial charge on any atom is 0.253 e. The first-order chi connectivity index (χ1) is 22.4. The van der Waals surface area contributed by atoms with Gasteiger partial charge < -0.3 is 15.1 Å². The molecule has 3 aliphatic rings. The number of hydrogen-bond acceptors (Lipinski definition) is 5. The van der Waals surface area contributed by atoms with Gasteiger partial charge in [0.2, 0.25) is 5.91 Å². The molecule has 0 bridgehead atoms. The average Bonchev–Trinajstić information content (AvgIpc) is 3.62. The fourth-order valence-corrected chi connectivity index (χ4v) is 8.50. The van der Waals surface area contributed by atoms with Crippen LogP contribution in [0.1, 0.15) is 86.6 Å². The van der Waals surface area contributed by atoms with Gasteiger partial charge in [0.05, 0.1) is 6.04 Å². The van der Waals surface area contributed by atoms with Gasteiger partial charge in [-0.15, -0.1) is 0 Å². The molecule has 3 fully saturated rings. The highest BCUT2D eigenvalue weighted by molar-refractivity contribution is 6.30. The SMILES string of the molecule is CN(C(=O)c1ccccc1)[C@H]1CC[C@@H](N[C@H](Cc2ccc(Cl)cc2)C(=O)N2CCC(Cn3cncn3)(C3CCCCC3)CC2)CC1. The summed E-state index contributed by atoms with van der Waals surface area (Å²) in [6.45, 7) is 2.44. The highest BCUT2D eigenvalue weighted by atomic mass is 35.5. The van der Waals surface area contributed by atoms with Crippen LogP contribution in [0.15, 0.2) is 67.3 Å². The summed E-state index contributed by atoms with van der Waals surface area (Å²) in [6, 6.07) is 17.5. The van der Waals surface area contributed by atoms with Crippen LogP contribution in [-0.4, -0.2) is 74.6 Å². The molecule has 1 N–H and O–H groups in total. The van der Waals surface area contributed by atoms with Crippen molar-refractivity contribution in [2.24, 2.45) is 11.3 Å². The second-order valence-corrected chi connectivity index (χ2v) is 14.4. The zero-order valence-corrected chi connectivity index (χ0v) is 28.0. The molecule has 2 aliphatic carbocycles. The van der Waals surface area contributed by atoms with Crippen molar-refractivity contribution in [2.45, 2.75) is 102 Å². The number of hydrogen-bond donors (Lipinski definition) is 1. The third-order valence-electron chi connectivity index (χ3n) is 11.2. The number of carbonyl (C=O) groups excluding carboxylic acids is 2. The first-order valence-corrected chi connectivity index (χ1v) is 17.7. The lowest BCUT2D eigenvalue weighted by Crippen LogP contribution is -2.56. The van der Waals surface area contributed by atoms with Gasteiger partial charge in [0, 0.05) is 49.4 Å². The molecule has 1 aliphatic heterocycles. The monoisotopic (exact) mass is 644 g/mol. The van der Waals surface area contributed by atoms with E-state index in [4.69, 9.17) is 11.6 Å². The normalized spacial score (nSPS) is 22.7. The summed E-state index contributed by atoms with van der Waals surface area (Å²) in [6.07, 6.45) is 16.3. The summed E-state index contributed by atoms with van der Waals surface area (Å²) < 4.78 is 2.01. The van der Waals surface area contributed by atoms with Crippen LogP contribution in [0.4, 0.5) is 0 Å². The third-order valence-corrected chi connectivity index (χ3v) is 11.4. The van der Waals surface area contributed by atoms with Crippen LogP contribution in [0.5, 0.6) is 0 Å². The van der Waals surface area contributed by atoms with E-state index in [-0.39, 0.29) is 35.4 Å². The summed E-state index contributed by atoms with van der Waals surface area (Å²) in [7, 11) is 1.92. The van der Waals surface area contributed by atoms with Crippen molar-refractivity contribution >= 4 is 23.4 Å². The molecule has 1 saturated heterocycles. The van der Waals surface area contributed by atoms with Crippen LogP contribution >= 0.6 is 11.6 Å². The lowest BCUT2D eigenvalue weighted by molar-refractivity contribution is -0.137. The number of likely N-dealkylation sites (tertiary alicyclic amines) is 1. The summed E-state index contributed by atoms with van der Waals surface area (Å²) in [5.74, 6) is 0.949. The number of amides is 2. The minimum Gasteiger partial charge on any atom is -0.341 e. The van der Waals surface area contributed by atoms with Crippen LogP contribution < -0.4 is 5.32 Å². The summed E-state index contributed by atoms with van der Waals surface area (Å²) in [4.78, 5) is 35.6. The Morgan fingerprint density at radius 2 is 1.65 bits per heavy atom. The number of rotatable bonds is 10. The second kappa shape index (κ2) is 15.1. The number of nitrogens with zero attached hydrogens (tertiary/aromatic N) is 5. The van der Waals surface area contributed by atoms with Gasteiger partial charge >= 0.3 is 0 Å². The maximum atomic E-state index is 14.3. The van der Waals surface area contributed by atoms with Crippen molar-refractivity contribution in [1.82, 2.24) is 29.9 Å². The molecule has 6 rings (SSSR count). The fourth-order valence-electron chi connectivity index (χ4n) is 8.38. The van der Waals surface area contributed by atoms with Gasteiger partial charge in [0.1, 0.15) is 12.7 Å². The smallest absolute Gasteiger partial charge is 0.253 e. The number of nitrogens with one attached hydrogen (secondary N) is 1. The van der Waals surface area contributed by atoms with Crippen molar-refractivity contribution < 1.29 is 9.59 Å². The Kier molecular flexibility index (Phi) is 10.7. The minimum absolute atomic E-state index is 0.0750. The van der Waals surface area contributed by atoms with Crippen molar-refractivity contribution in [3.63, 3.8) is 0 Å². The molecule has 1 aromatic heterocycles. The van der Waals surface area contributed by atoms with Crippen molar-refractivity contribution in [3.05, 3.63) is 83.4 Å². The first kappa shape index (κ1) is 32.7. The molecule has 0 radical (unpaired) electrons. The Bertz CT molecular complexity index is 1390. The predicted molar refractivity (Wildman–Crippen MR) is 182 cm³/mol. The van der Waals surface area contributed by atoms with E-state index in [0.717, 1.165) is 69.3 Å². The zero-order valence-electron chi connectivity index (χ0n) is 27.2. The van der Waals surface area contributed by atoms with Gasteiger partial charge in [-0.25, -0.2) is 4.98 Å². The molecule has 46 heavy (non-hydrogen) atoms. The number of benzene rings is 2. The molecule has 3 aromatic rings. The molecular formula is C37H49ClN6O2. The van der Waals surface area contributed by atoms with Gasteiger partial charge in [-0.1, -0.05) is 61.2 Å². The Balaban J connectivity index is 1.11. The molecule has 8 nitrogen and oxygen atoms in total. The van der Waals surface area contributed by atoms with Crippen LogP contribution in [0, 0.1) is 11.3 Å². The molecule has 2 heterocycles. The Hall–Kier alpha value is -3.23. The number of carbonyl (C=O) groups is 2. The predicted octanol–water partition coefficient (Wildman–Crippen LogP) is 6.40. The lowest BCUT2D eigenvalue weighted by atomic mass is 9.63. The van der Waals surface area contributed by atoms with Crippen LogP contribution in [-0.2, 0) is 17.8 Å². The molecule has 9 heteroatoms. The van der Waals surface area contributed by atoms with Gasteiger partial charge in [-0.05, 0) is 98.9 Å². The molecule has 1 atom stereocenters. The number of halogens is 1. The van der Waals surface area contributed by atoms with Gasteiger partial charge in [0.25, 0.3) is 5.91 Å². The Morgan fingerprint density at radius 3 is 2.30 bits per heavy atom. The molecule has 2 amide bonds. The topological polar surface area (TPSA) is 83.4 Å². The Labute approximate surface area is 278 Å². The quantitative estimate of drug-likeness (QED) is 0.276. The van der Waals surface area contributed by atoms with E-state index in [0.29, 0.717) is 17.4 Å². The highest BCUT2D eigenvalue weighted by Gasteiger charge is 2.44. The molecule has 0 unspecified atom stereocenters. The molecule has 2 saturated carbocycles. The number of aromatic nitrogens is 3. The van der Waals surface area contributed by atoms with Crippen LogP contribution in [0.2, 0.25) is 5.02 Å². The zero-order chi connectivity index (χ0) is 31.9.